The zero-order chi connectivity index (χ0) is 24.2. The SMILES string of the molecule is Cc1ccc2cncc(N3CCc4c(cc(CO)cc4-c4cn(C)nc4C(F)(F)F)C3=O)c2c1. The van der Waals surface area contributed by atoms with E-state index in [0.29, 0.717) is 23.2 Å². The maximum atomic E-state index is 13.7. The minimum absolute atomic E-state index is 0.106. The number of carbonyl (C=O) groups excluding carboxylic acids is 1. The van der Waals surface area contributed by atoms with Gasteiger partial charge in [-0.25, -0.2) is 0 Å². The van der Waals surface area contributed by atoms with E-state index in [1.54, 1.807) is 23.4 Å². The number of aliphatic hydroxyl groups excluding tert-OH is 1. The van der Waals surface area contributed by atoms with Crippen LogP contribution in [0.5, 0.6) is 0 Å². The molecule has 0 saturated heterocycles. The van der Waals surface area contributed by atoms with Crippen molar-refractivity contribution in [3.63, 3.8) is 0 Å². The molecular weight excluding hydrogens is 445 g/mol. The Morgan fingerprint density at radius 1 is 1.09 bits per heavy atom. The van der Waals surface area contributed by atoms with Gasteiger partial charge in [0.05, 0.1) is 18.5 Å². The third kappa shape index (κ3) is 3.62. The van der Waals surface area contributed by atoms with E-state index in [9.17, 15) is 23.1 Å². The number of anilines is 1. The fraction of sp³-hybridized carbons (Fsp3) is 0.240. The van der Waals surface area contributed by atoms with Crippen LogP contribution in [0.15, 0.2) is 48.9 Å². The normalized spacial score (nSPS) is 14.1. The number of aromatic nitrogens is 3. The number of carbonyl (C=O) groups is 1. The molecule has 2 aromatic carbocycles. The molecule has 0 fully saturated rings. The summed E-state index contributed by atoms with van der Waals surface area (Å²) in [5.41, 5.74) is 1.96. The van der Waals surface area contributed by atoms with Crippen LogP contribution < -0.4 is 4.90 Å². The molecule has 0 atom stereocenters. The topological polar surface area (TPSA) is 71.2 Å². The third-order valence-corrected chi connectivity index (χ3v) is 6.13. The molecule has 0 saturated carbocycles. The van der Waals surface area contributed by atoms with E-state index in [1.165, 1.54) is 19.3 Å². The summed E-state index contributed by atoms with van der Waals surface area (Å²) in [6, 6.07) is 8.95. The first-order valence-electron chi connectivity index (χ1n) is 10.7. The van der Waals surface area contributed by atoms with Gasteiger partial charge < -0.3 is 10.0 Å². The first kappa shape index (κ1) is 22.1. The molecule has 4 aromatic rings. The highest BCUT2D eigenvalue weighted by molar-refractivity contribution is 6.13. The number of alkyl halides is 3. The molecular formula is C25H21F3N4O2. The Morgan fingerprint density at radius 3 is 2.59 bits per heavy atom. The summed E-state index contributed by atoms with van der Waals surface area (Å²) < 4.78 is 42.2. The van der Waals surface area contributed by atoms with Gasteiger partial charge in [0.25, 0.3) is 5.91 Å². The molecule has 174 valence electrons. The molecule has 1 N–H and O–H groups in total. The van der Waals surface area contributed by atoms with Crippen molar-refractivity contribution in [2.45, 2.75) is 26.1 Å². The fourth-order valence-corrected chi connectivity index (χ4v) is 4.60. The van der Waals surface area contributed by atoms with Gasteiger partial charge in [-0.3, -0.25) is 14.5 Å². The van der Waals surface area contributed by atoms with E-state index in [0.717, 1.165) is 21.0 Å². The van der Waals surface area contributed by atoms with Gasteiger partial charge in [0.15, 0.2) is 5.69 Å². The number of aliphatic hydroxyl groups is 1. The van der Waals surface area contributed by atoms with Crippen molar-refractivity contribution < 1.29 is 23.1 Å². The number of benzene rings is 2. The molecule has 1 aliphatic rings. The van der Waals surface area contributed by atoms with Crippen molar-refractivity contribution in [2.24, 2.45) is 7.05 Å². The van der Waals surface area contributed by atoms with Crippen LogP contribution in [0.2, 0.25) is 0 Å². The number of fused-ring (bicyclic) bond motifs is 2. The average molecular weight is 466 g/mol. The van der Waals surface area contributed by atoms with Crippen LogP contribution in [0.4, 0.5) is 18.9 Å². The van der Waals surface area contributed by atoms with Crippen molar-refractivity contribution in [1.82, 2.24) is 14.8 Å². The van der Waals surface area contributed by atoms with Gasteiger partial charge in [0, 0.05) is 47.9 Å². The van der Waals surface area contributed by atoms with Crippen molar-refractivity contribution in [3.8, 4) is 11.1 Å². The summed E-state index contributed by atoms with van der Waals surface area (Å²) in [7, 11) is 1.42. The third-order valence-electron chi connectivity index (χ3n) is 6.13. The molecule has 0 unspecified atom stereocenters. The van der Waals surface area contributed by atoms with Crippen LogP contribution in [-0.4, -0.2) is 32.3 Å². The monoisotopic (exact) mass is 466 g/mol. The molecule has 0 aliphatic carbocycles. The Bertz CT molecular complexity index is 1440. The van der Waals surface area contributed by atoms with E-state index >= 15 is 0 Å². The first-order chi connectivity index (χ1) is 16.2. The van der Waals surface area contributed by atoms with E-state index < -0.39 is 18.5 Å². The molecule has 6 nitrogen and oxygen atoms in total. The summed E-state index contributed by atoms with van der Waals surface area (Å²) in [5.74, 6) is -0.342. The Kier molecular flexibility index (Phi) is 5.16. The number of hydrogen-bond donors (Lipinski definition) is 1. The fourth-order valence-electron chi connectivity index (χ4n) is 4.60. The maximum Gasteiger partial charge on any atom is 0.435 e. The lowest BCUT2D eigenvalue weighted by Crippen LogP contribution is -2.38. The maximum absolute atomic E-state index is 13.7. The molecule has 9 heteroatoms. The average Bonchev–Trinajstić information content (AvgIpc) is 3.21. The number of nitrogens with zero attached hydrogens (tertiary/aromatic N) is 4. The molecule has 0 radical (unpaired) electrons. The molecule has 1 amide bonds. The first-order valence-corrected chi connectivity index (χ1v) is 10.7. The highest BCUT2D eigenvalue weighted by Gasteiger charge is 2.39. The van der Waals surface area contributed by atoms with Gasteiger partial charge in [-0.2, -0.15) is 18.3 Å². The van der Waals surface area contributed by atoms with Crippen molar-refractivity contribution in [1.29, 1.82) is 0 Å². The Labute approximate surface area is 193 Å². The number of pyridine rings is 1. The van der Waals surface area contributed by atoms with Gasteiger partial charge in [0.2, 0.25) is 0 Å². The second kappa shape index (κ2) is 7.95. The van der Waals surface area contributed by atoms with Gasteiger partial charge in [-0.15, -0.1) is 0 Å². The number of halogens is 3. The smallest absolute Gasteiger partial charge is 0.392 e. The molecule has 2 aromatic heterocycles. The van der Waals surface area contributed by atoms with Gasteiger partial charge in [-0.1, -0.05) is 17.7 Å². The molecule has 34 heavy (non-hydrogen) atoms. The minimum atomic E-state index is -4.66. The summed E-state index contributed by atoms with van der Waals surface area (Å²) in [5, 5.41) is 15.2. The van der Waals surface area contributed by atoms with E-state index in [1.807, 2.05) is 25.1 Å². The largest absolute Gasteiger partial charge is 0.435 e. The van der Waals surface area contributed by atoms with Crippen molar-refractivity contribution >= 4 is 22.4 Å². The summed E-state index contributed by atoms with van der Waals surface area (Å²) in [6.45, 7) is 1.83. The summed E-state index contributed by atoms with van der Waals surface area (Å²) in [6.07, 6.45) is 0.342. The van der Waals surface area contributed by atoms with Crippen LogP contribution in [0.1, 0.15) is 32.7 Å². The Morgan fingerprint density at radius 2 is 1.85 bits per heavy atom. The zero-order valence-corrected chi connectivity index (χ0v) is 18.5. The van der Waals surface area contributed by atoms with E-state index in [4.69, 9.17) is 0 Å². The molecule has 1 aliphatic heterocycles. The number of aryl methyl sites for hydroxylation is 2. The summed E-state index contributed by atoms with van der Waals surface area (Å²) >= 11 is 0. The van der Waals surface area contributed by atoms with Gasteiger partial charge in [-0.05, 0) is 48.2 Å². The Hall–Kier alpha value is -3.72. The molecule has 5 rings (SSSR count). The van der Waals surface area contributed by atoms with Gasteiger partial charge in [0.1, 0.15) is 0 Å². The van der Waals surface area contributed by atoms with Gasteiger partial charge >= 0.3 is 6.18 Å². The zero-order valence-electron chi connectivity index (χ0n) is 18.5. The predicted molar refractivity (Wildman–Crippen MR) is 121 cm³/mol. The van der Waals surface area contributed by atoms with Crippen LogP contribution in [0, 0.1) is 6.92 Å². The lowest BCUT2D eigenvalue weighted by atomic mass is 9.88. The molecule has 0 spiro atoms. The molecule has 0 bridgehead atoms. The highest BCUT2D eigenvalue weighted by atomic mass is 19.4. The predicted octanol–water partition coefficient (Wildman–Crippen LogP) is 4.66. The highest BCUT2D eigenvalue weighted by Crippen LogP contribution is 2.40. The quantitative estimate of drug-likeness (QED) is 0.477. The number of amides is 1. The minimum Gasteiger partial charge on any atom is -0.392 e. The lowest BCUT2D eigenvalue weighted by Gasteiger charge is -2.31. The standard InChI is InChI=1S/C25H21F3N4O2/c1-14-3-4-16-10-29-11-22(18(16)7-14)32-6-5-17-19(8-15(13-33)9-20(17)24(32)34)21-12-31(2)30-23(21)25(26,27)28/h3-4,7-12,33H,5-6,13H2,1-2H3. The summed E-state index contributed by atoms with van der Waals surface area (Å²) in [4.78, 5) is 19.5. The van der Waals surface area contributed by atoms with E-state index in [2.05, 4.69) is 10.1 Å². The second-order valence-electron chi connectivity index (χ2n) is 8.48. The lowest BCUT2D eigenvalue weighted by molar-refractivity contribution is -0.140. The van der Waals surface area contributed by atoms with Crippen LogP contribution >= 0.6 is 0 Å². The van der Waals surface area contributed by atoms with Crippen LogP contribution in [-0.2, 0) is 26.3 Å². The van der Waals surface area contributed by atoms with Crippen molar-refractivity contribution in [3.05, 3.63) is 76.9 Å². The second-order valence-corrected chi connectivity index (χ2v) is 8.48. The van der Waals surface area contributed by atoms with Crippen molar-refractivity contribution in [2.75, 3.05) is 11.4 Å². The van der Waals surface area contributed by atoms with Crippen LogP contribution in [0.25, 0.3) is 21.9 Å². The number of rotatable bonds is 3. The Balaban J connectivity index is 1.67. The van der Waals surface area contributed by atoms with E-state index in [-0.39, 0.29) is 29.1 Å². The number of hydrogen-bond acceptors (Lipinski definition) is 4. The molecule has 3 heterocycles. The van der Waals surface area contributed by atoms with Crippen LogP contribution in [0.3, 0.4) is 0 Å².